The van der Waals surface area contributed by atoms with Crippen LogP contribution in [0.3, 0.4) is 0 Å². The molecule has 1 aliphatic heterocycles. The topological polar surface area (TPSA) is 49.4 Å². The quantitative estimate of drug-likeness (QED) is 0.764. The molecule has 1 aliphatic rings. The number of nitrogens with zero attached hydrogens (tertiary/aromatic N) is 1. The Kier molecular flexibility index (Phi) is 4.77. The second-order valence-corrected chi connectivity index (χ2v) is 4.44. The molecule has 0 radical (unpaired) electrons. The van der Waals surface area contributed by atoms with Gasteiger partial charge in [-0.3, -0.25) is 9.59 Å². The van der Waals surface area contributed by atoms with Crippen LogP contribution in [-0.2, 0) is 9.59 Å². The zero-order valence-electron chi connectivity index (χ0n) is 10.5. The van der Waals surface area contributed by atoms with Crippen molar-refractivity contribution in [2.45, 2.75) is 45.6 Å². The molecule has 1 heterocycles. The highest BCUT2D eigenvalue weighted by Crippen LogP contribution is 2.24. The van der Waals surface area contributed by atoms with Crippen LogP contribution in [0.25, 0.3) is 0 Å². The van der Waals surface area contributed by atoms with Gasteiger partial charge in [-0.25, -0.2) is 0 Å². The Morgan fingerprint density at radius 2 is 2.25 bits per heavy atom. The highest BCUT2D eigenvalue weighted by atomic mass is 16.2. The van der Waals surface area contributed by atoms with Gasteiger partial charge in [0.15, 0.2) is 0 Å². The van der Waals surface area contributed by atoms with Crippen LogP contribution in [0.15, 0.2) is 0 Å². The number of carbonyl (C=O) groups excluding carboxylic acids is 2. The molecule has 1 fully saturated rings. The van der Waals surface area contributed by atoms with E-state index >= 15 is 0 Å². The molecule has 0 unspecified atom stereocenters. The van der Waals surface area contributed by atoms with Crippen LogP contribution in [0, 0.1) is 5.92 Å². The van der Waals surface area contributed by atoms with E-state index < -0.39 is 0 Å². The van der Waals surface area contributed by atoms with Crippen LogP contribution in [0.4, 0.5) is 0 Å². The van der Waals surface area contributed by atoms with Crippen LogP contribution in [0.2, 0.25) is 0 Å². The molecule has 0 aromatic heterocycles. The SMILES string of the molecule is CCC[C@@H]1CC(=O)N([C@@H](CC)C(=O)NC)C1. The van der Waals surface area contributed by atoms with Crippen molar-refractivity contribution in [3.8, 4) is 0 Å². The fourth-order valence-electron chi connectivity index (χ4n) is 2.43. The minimum atomic E-state index is -0.278. The third-order valence-corrected chi connectivity index (χ3v) is 3.25. The van der Waals surface area contributed by atoms with Crippen LogP contribution in [0.5, 0.6) is 0 Å². The van der Waals surface area contributed by atoms with Gasteiger partial charge in [-0.2, -0.15) is 0 Å². The van der Waals surface area contributed by atoms with E-state index in [1.807, 2.05) is 6.92 Å². The van der Waals surface area contributed by atoms with Crippen LogP contribution in [0.1, 0.15) is 39.5 Å². The van der Waals surface area contributed by atoms with Crippen LogP contribution in [-0.4, -0.2) is 36.3 Å². The van der Waals surface area contributed by atoms with Gasteiger partial charge in [0.05, 0.1) is 0 Å². The maximum absolute atomic E-state index is 11.8. The molecule has 1 rings (SSSR count). The summed E-state index contributed by atoms with van der Waals surface area (Å²) in [5.41, 5.74) is 0. The Hall–Kier alpha value is -1.06. The second-order valence-electron chi connectivity index (χ2n) is 4.44. The number of nitrogens with one attached hydrogen (secondary N) is 1. The molecule has 0 saturated carbocycles. The van der Waals surface area contributed by atoms with E-state index in [4.69, 9.17) is 0 Å². The molecule has 1 N–H and O–H groups in total. The maximum atomic E-state index is 11.8. The summed E-state index contributed by atoms with van der Waals surface area (Å²) in [7, 11) is 1.62. The molecule has 0 aromatic rings. The molecule has 16 heavy (non-hydrogen) atoms. The average molecular weight is 226 g/mol. The van der Waals surface area contributed by atoms with E-state index in [1.54, 1.807) is 11.9 Å². The van der Waals surface area contributed by atoms with E-state index in [0.29, 0.717) is 18.8 Å². The second kappa shape index (κ2) is 5.87. The number of amides is 2. The molecule has 2 atom stereocenters. The Morgan fingerprint density at radius 1 is 1.56 bits per heavy atom. The Morgan fingerprint density at radius 3 is 2.75 bits per heavy atom. The van der Waals surface area contributed by atoms with Gasteiger partial charge in [-0.1, -0.05) is 20.3 Å². The lowest BCUT2D eigenvalue weighted by Gasteiger charge is -2.25. The van der Waals surface area contributed by atoms with E-state index in [2.05, 4.69) is 12.2 Å². The lowest BCUT2D eigenvalue weighted by Crippen LogP contribution is -2.46. The predicted molar refractivity (Wildman–Crippen MR) is 62.9 cm³/mol. The highest BCUT2D eigenvalue weighted by Gasteiger charge is 2.35. The first-order valence-electron chi connectivity index (χ1n) is 6.15. The van der Waals surface area contributed by atoms with E-state index in [0.717, 1.165) is 19.4 Å². The molecule has 0 bridgehead atoms. The van der Waals surface area contributed by atoms with Crippen LogP contribution >= 0.6 is 0 Å². The molecular weight excluding hydrogens is 204 g/mol. The first-order valence-corrected chi connectivity index (χ1v) is 6.15. The molecule has 92 valence electrons. The minimum absolute atomic E-state index is 0.0481. The molecule has 1 saturated heterocycles. The van der Waals surface area contributed by atoms with Gasteiger partial charge in [-0.05, 0) is 18.8 Å². The number of likely N-dealkylation sites (tertiary alicyclic amines) is 1. The molecule has 4 heteroatoms. The van der Waals surface area contributed by atoms with Crippen molar-refractivity contribution in [1.82, 2.24) is 10.2 Å². The lowest BCUT2D eigenvalue weighted by molar-refractivity contribution is -0.137. The van der Waals surface area contributed by atoms with Crippen molar-refractivity contribution in [2.75, 3.05) is 13.6 Å². The number of carbonyl (C=O) groups is 2. The zero-order chi connectivity index (χ0) is 12.1. The third-order valence-electron chi connectivity index (χ3n) is 3.25. The first kappa shape index (κ1) is 13.0. The summed E-state index contributed by atoms with van der Waals surface area (Å²) in [5, 5.41) is 2.63. The molecular formula is C12H22N2O2. The normalized spacial score (nSPS) is 22.3. The Balaban J connectivity index is 2.65. The van der Waals surface area contributed by atoms with Crippen molar-refractivity contribution >= 4 is 11.8 Å². The van der Waals surface area contributed by atoms with Crippen molar-refractivity contribution in [2.24, 2.45) is 5.92 Å². The predicted octanol–water partition coefficient (Wildman–Crippen LogP) is 1.16. The molecule has 0 aromatic carbocycles. The van der Waals surface area contributed by atoms with Gasteiger partial charge in [0.1, 0.15) is 6.04 Å². The van der Waals surface area contributed by atoms with Crippen molar-refractivity contribution in [1.29, 1.82) is 0 Å². The summed E-state index contributed by atoms with van der Waals surface area (Å²) in [6, 6.07) is -0.278. The van der Waals surface area contributed by atoms with E-state index in [-0.39, 0.29) is 17.9 Å². The smallest absolute Gasteiger partial charge is 0.242 e. The summed E-state index contributed by atoms with van der Waals surface area (Å²) in [4.78, 5) is 25.2. The fraction of sp³-hybridized carbons (Fsp3) is 0.833. The van der Waals surface area contributed by atoms with Crippen molar-refractivity contribution in [3.63, 3.8) is 0 Å². The average Bonchev–Trinajstić information content (AvgIpc) is 2.61. The fourth-order valence-corrected chi connectivity index (χ4v) is 2.43. The van der Waals surface area contributed by atoms with Crippen LogP contribution < -0.4 is 5.32 Å². The van der Waals surface area contributed by atoms with E-state index in [9.17, 15) is 9.59 Å². The summed E-state index contributed by atoms with van der Waals surface area (Å²) >= 11 is 0. The first-order chi connectivity index (χ1) is 7.63. The molecule has 0 spiro atoms. The van der Waals surface area contributed by atoms with Crippen molar-refractivity contribution < 1.29 is 9.59 Å². The van der Waals surface area contributed by atoms with Gasteiger partial charge < -0.3 is 10.2 Å². The van der Waals surface area contributed by atoms with Gasteiger partial charge in [0.2, 0.25) is 11.8 Å². The largest absolute Gasteiger partial charge is 0.357 e. The van der Waals surface area contributed by atoms with Crippen molar-refractivity contribution in [3.05, 3.63) is 0 Å². The van der Waals surface area contributed by atoms with Gasteiger partial charge in [0, 0.05) is 20.0 Å². The molecule has 2 amide bonds. The minimum Gasteiger partial charge on any atom is -0.357 e. The zero-order valence-corrected chi connectivity index (χ0v) is 10.5. The summed E-state index contributed by atoms with van der Waals surface area (Å²) < 4.78 is 0. The summed E-state index contributed by atoms with van der Waals surface area (Å²) in [5.74, 6) is 0.526. The standard InChI is InChI=1S/C12H22N2O2/c1-4-6-9-7-11(15)14(8-9)10(5-2)12(16)13-3/h9-10H,4-8H2,1-3H3,(H,13,16)/t9-,10+/m1/s1. The van der Waals surface area contributed by atoms with Gasteiger partial charge in [-0.15, -0.1) is 0 Å². The van der Waals surface area contributed by atoms with Gasteiger partial charge in [0.25, 0.3) is 0 Å². The van der Waals surface area contributed by atoms with E-state index in [1.165, 1.54) is 0 Å². The Labute approximate surface area is 97.4 Å². The number of rotatable bonds is 5. The maximum Gasteiger partial charge on any atom is 0.242 e. The highest BCUT2D eigenvalue weighted by molar-refractivity contribution is 5.88. The third kappa shape index (κ3) is 2.74. The lowest BCUT2D eigenvalue weighted by atomic mass is 10.0. The number of likely N-dealkylation sites (N-methyl/N-ethyl adjacent to an activating group) is 1. The molecule has 4 nitrogen and oxygen atoms in total. The number of hydrogen-bond acceptors (Lipinski definition) is 2. The summed E-state index contributed by atoms with van der Waals surface area (Å²) in [6.07, 6.45) is 3.47. The molecule has 0 aliphatic carbocycles. The summed E-state index contributed by atoms with van der Waals surface area (Å²) in [6.45, 7) is 4.82. The van der Waals surface area contributed by atoms with Gasteiger partial charge >= 0.3 is 0 Å². The number of hydrogen-bond donors (Lipinski definition) is 1. The monoisotopic (exact) mass is 226 g/mol. The Bertz CT molecular complexity index is 266.